The lowest BCUT2D eigenvalue weighted by atomic mass is 9.94. The van der Waals surface area contributed by atoms with E-state index in [0.29, 0.717) is 25.3 Å². The van der Waals surface area contributed by atoms with Crippen LogP contribution in [0.2, 0.25) is 0 Å². The highest BCUT2D eigenvalue weighted by Gasteiger charge is 2.38. The second-order valence-corrected chi connectivity index (χ2v) is 4.01. The Balaban J connectivity index is 0.00000162. The van der Waals surface area contributed by atoms with E-state index in [1.54, 1.807) is 0 Å². The lowest BCUT2D eigenvalue weighted by Crippen LogP contribution is -2.39. The summed E-state index contributed by atoms with van der Waals surface area (Å²) in [6.45, 7) is 0.404. The number of aromatic nitrogens is 1. The highest BCUT2D eigenvalue weighted by molar-refractivity contribution is 5.85. The second-order valence-electron chi connectivity index (χ2n) is 4.01. The van der Waals surface area contributed by atoms with Gasteiger partial charge in [-0.1, -0.05) is 0 Å². The van der Waals surface area contributed by atoms with Crippen LogP contribution >= 0.6 is 24.8 Å². The fourth-order valence-electron chi connectivity index (χ4n) is 1.73. The molecule has 0 bridgehead atoms. The Morgan fingerprint density at radius 2 is 1.95 bits per heavy atom. The molecule has 0 spiro atoms. The maximum absolute atomic E-state index is 13.6. The van der Waals surface area contributed by atoms with Crippen LogP contribution in [-0.4, -0.2) is 18.2 Å². The minimum atomic E-state index is -4.61. The number of hydrogen-bond acceptors (Lipinski definition) is 3. The monoisotopic (exact) mass is 322 g/mol. The van der Waals surface area contributed by atoms with Crippen molar-refractivity contribution in [1.29, 1.82) is 0 Å². The second kappa shape index (κ2) is 6.21. The van der Waals surface area contributed by atoms with Crippen LogP contribution in [0.15, 0.2) is 12.3 Å². The van der Waals surface area contributed by atoms with Gasteiger partial charge in [-0.25, -0.2) is 4.39 Å². The highest BCUT2D eigenvalue weighted by atomic mass is 35.5. The molecule has 0 saturated carbocycles. The normalized spacial score (nSPS) is 22.6. The molecule has 2 heterocycles. The molecular weight excluding hydrogens is 311 g/mol. The first-order chi connectivity index (χ1) is 7.83. The first kappa shape index (κ1) is 18.4. The van der Waals surface area contributed by atoms with Gasteiger partial charge in [-0.05, 0) is 12.5 Å². The van der Waals surface area contributed by atoms with E-state index in [0.717, 1.165) is 0 Å². The number of hydrogen-bond donors (Lipinski definition) is 1. The van der Waals surface area contributed by atoms with Crippen molar-refractivity contribution in [2.75, 3.05) is 13.2 Å². The van der Waals surface area contributed by atoms with Crippen LogP contribution in [-0.2, 0) is 16.5 Å². The van der Waals surface area contributed by atoms with Crippen LogP contribution in [0.1, 0.15) is 17.7 Å². The summed E-state index contributed by atoms with van der Waals surface area (Å²) in [5, 5.41) is 0. The summed E-state index contributed by atoms with van der Waals surface area (Å²) in [5.74, 6) is -1.05. The smallest absolute Gasteiger partial charge is 0.379 e. The molecule has 1 aromatic heterocycles. The fourth-order valence-corrected chi connectivity index (χ4v) is 1.73. The van der Waals surface area contributed by atoms with Crippen molar-refractivity contribution < 1.29 is 22.3 Å². The third-order valence-electron chi connectivity index (χ3n) is 2.69. The Labute approximate surface area is 119 Å². The van der Waals surface area contributed by atoms with E-state index in [1.165, 1.54) is 0 Å². The Kier molecular flexibility index (Phi) is 6.01. The van der Waals surface area contributed by atoms with E-state index in [4.69, 9.17) is 10.5 Å². The summed E-state index contributed by atoms with van der Waals surface area (Å²) in [6.07, 6.45) is -3.69. The summed E-state index contributed by atoms with van der Waals surface area (Å²) >= 11 is 0. The van der Waals surface area contributed by atoms with Gasteiger partial charge in [0.1, 0.15) is 5.82 Å². The van der Waals surface area contributed by atoms with Gasteiger partial charge in [0.05, 0.1) is 23.4 Å². The van der Waals surface area contributed by atoms with Gasteiger partial charge in [-0.2, -0.15) is 13.2 Å². The molecule has 0 aliphatic carbocycles. The Morgan fingerprint density at radius 1 is 1.32 bits per heavy atom. The average molecular weight is 323 g/mol. The maximum atomic E-state index is 13.6. The number of nitrogens with zero attached hydrogens (tertiary/aromatic N) is 1. The lowest BCUT2D eigenvalue weighted by molar-refractivity contribution is -0.138. The minimum absolute atomic E-state index is 0. The first-order valence-corrected chi connectivity index (χ1v) is 4.93. The third-order valence-corrected chi connectivity index (χ3v) is 2.69. The fraction of sp³-hybridized carbons (Fsp3) is 0.500. The van der Waals surface area contributed by atoms with Crippen molar-refractivity contribution >= 4 is 24.8 Å². The van der Waals surface area contributed by atoms with Crippen LogP contribution in [0.4, 0.5) is 17.6 Å². The minimum Gasteiger partial charge on any atom is -0.379 e. The topological polar surface area (TPSA) is 48.1 Å². The number of halogens is 6. The Bertz CT molecular complexity index is 436. The molecule has 19 heavy (non-hydrogen) atoms. The summed E-state index contributed by atoms with van der Waals surface area (Å²) < 4.78 is 55.5. The third kappa shape index (κ3) is 3.68. The molecule has 1 aliphatic rings. The molecule has 1 unspecified atom stereocenters. The Hall–Kier alpha value is -0.630. The number of pyridine rings is 1. The molecule has 2 N–H and O–H groups in total. The zero-order valence-electron chi connectivity index (χ0n) is 9.54. The van der Waals surface area contributed by atoms with Crippen molar-refractivity contribution in [3.63, 3.8) is 0 Å². The van der Waals surface area contributed by atoms with Crippen molar-refractivity contribution in [2.24, 2.45) is 5.73 Å². The molecule has 9 heteroatoms. The zero-order valence-corrected chi connectivity index (χ0v) is 11.2. The van der Waals surface area contributed by atoms with E-state index >= 15 is 0 Å². The van der Waals surface area contributed by atoms with E-state index in [9.17, 15) is 17.6 Å². The van der Waals surface area contributed by atoms with E-state index in [1.807, 2.05) is 0 Å². The maximum Gasteiger partial charge on any atom is 0.417 e. The standard InChI is InChI=1S/C10H10F4N2O.2ClH/c11-7-3-6(10(12,13)14)4-16-8(7)9(15)1-2-17-5-9;;/h3-4H,1-2,5,15H2;2*1H. The van der Waals surface area contributed by atoms with Crippen molar-refractivity contribution in [3.8, 4) is 0 Å². The quantitative estimate of drug-likeness (QED) is 0.809. The summed E-state index contributed by atoms with van der Waals surface area (Å²) in [7, 11) is 0. The van der Waals surface area contributed by atoms with Gasteiger partial charge in [0.25, 0.3) is 0 Å². The Morgan fingerprint density at radius 3 is 2.37 bits per heavy atom. The molecule has 1 aliphatic heterocycles. The lowest BCUT2D eigenvalue weighted by Gasteiger charge is -2.22. The molecule has 1 fully saturated rings. The van der Waals surface area contributed by atoms with Gasteiger partial charge < -0.3 is 10.5 Å². The first-order valence-electron chi connectivity index (χ1n) is 4.93. The van der Waals surface area contributed by atoms with Crippen LogP contribution in [0.3, 0.4) is 0 Å². The largest absolute Gasteiger partial charge is 0.417 e. The van der Waals surface area contributed by atoms with E-state index in [-0.39, 0.29) is 37.1 Å². The van der Waals surface area contributed by atoms with Crippen molar-refractivity contribution in [2.45, 2.75) is 18.1 Å². The molecule has 0 aromatic carbocycles. The SMILES string of the molecule is Cl.Cl.NC1(c2ncc(C(F)(F)F)cc2F)CCOC1. The van der Waals surface area contributed by atoms with Gasteiger partial charge in [-0.3, -0.25) is 4.98 Å². The highest BCUT2D eigenvalue weighted by Crippen LogP contribution is 2.33. The van der Waals surface area contributed by atoms with Crippen molar-refractivity contribution in [1.82, 2.24) is 4.98 Å². The summed E-state index contributed by atoms with van der Waals surface area (Å²) in [4.78, 5) is 3.50. The van der Waals surface area contributed by atoms with E-state index < -0.39 is 23.1 Å². The van der Waals surface area contributed by atoms with Gasteiger partial charge >= 0.3 is 6.18 Å². The van der Waals surface area contributed by atoms with Gasteiger partial charge in [0.15, 0.2) is 0 Å². The van der Waals surface area contributed by atoms with Crippen LogP contribution in [0.5, 0.6) is 0 Å². The van der Waals surface area contributed by atoms with Crippen molar-refractivity contribution in [3.05, 3.63) is 29.3 Å². The number of nitrogens with two attached hydrogens (primary N) is 1. The van der Waals surface area contributed by atoms with Gasteiger partial charge in [0.2, 0.25) is 0 Å². The van der Waals surface area contributed by atoms with Crippen LogP contribution in [0.25, 0.3) is 0 Å². The van der Waals surface area contributed by atoms with Gasteiger partial charge in [-0.15, -0.1) is 24.8 Å². The van der Waals surface area contributed by atoms with Crippen LogP contribution < -0.4 is 5.73 Å². The molecule has 1 atom stereocenters. The molecular formula is C10H12Cl2F4N2O. The molecule has 110 valence electrons. The van der Waals surface area contributed by atoms with Gasteiger partial charge in [0, 0.05) is 12.8 Å². The summed E-state index contributed by atoms with van der Waals surface area (Å²) in [6, 6.07) is 0.412. The average Bonchev–Trinajstić information content (AvgIpc) is 2.64. The number of rotatable bonds is 1. The molecule has 0 radical (unpaired) electrons. The zero-order chi connectivity index (χ0) is 12.7. The molecule has 2 rings (SSSR count). The summed E-state index contributed by atoms with van der Waals surface area (Å²) in [5.41, 5.74) is 3.40. The molecule has 3 nitrogen and oxygen atoms in total. The molecule has 1 saturated heterocycles. The number of ether oxygens (including phenoxy) is 1. The van der Waals surface area contributed by atoms with Crippen LogP contribution in [0, 0.1) is 5.82 Å². The predicted octanol–water partition coefficient (Wildman–Crippen LogP) is 2.66. The number of alkyl halides is 3. The molecule has 1 aromatic rings. The predicted molar refractivity (Wildman–Crippen MR) is 65.0 cm³/mol. The van der Waals surface area contributed by atoms with E-state index in [2.05, 4.69) is 4.98 Å². The molecule has 0 amide bonds.